The molecule has 23 heavy (non-hydrogen) atoms. The van der Waals surface area contributed by atoms with Crippen LogP contribution in [0.15, 0.2) is 0 Å². The number of piperidine rings is 1. The van der Waals surface area contributed by atoms with Crippen molar-refractivity contribution >= 4 is 5.78 Å². The molecule has 5 fully saturated rings. The summed E-state index contributed by atoms with van der Waals surface area (Å²) in [5.41, 5.74) is -1.14. The van der Waals surface area contributed by atoms with Crippen LogP contribution in [0.1, 0.15) is 38.5 Å². The second-order valence-corrected chi connectivity index (χ2v) is 8.53. The van der Waals surface area contributed by atoms with Crippen molar-refractivity contribution in [1.29, 1.82) is 0 Å². The highest BCUT2D eigenvalue weighted by Crippen LogP contribution is 2.69. The summed E-state index contributed by atoms with van der Waals surface area (Å²) < 4.78 is 12.1. The number of carbonyl (C=O) groups is 1. The summed E-state index contributed by atoms with van der Waals surface area (Å²) in [7, 11) is 3.89. The summed E-state index contributed by atoms with van der Waals surface area (Å²) in [5.74, 6) is 1.05. The van der Waals surface area contributed by atoms with Crippen molar-refractivity contribution in [1.82, 2.24) is 4.90 Å². The Bertz CT molecular complexity index is 553. The van der Waals surface area contributed by atoms with Gasteiger partial charge in [-0.1, -0.05) is 0 Å². The fourth-order valence-electron chi connectivity index (χ4n) is 7.17. The second-order valence-electron chi connectivity index (χ2n) is 8.53. The molecule has 3 aliphatic carbocycles. The first kappa shape index (κ1) is 14.8. The lowest BCUT2D eigenvalue weighted by atomic mass is 9.43. The normalized spacial score (nSPS) is 58.1. The van der Waals surface area contributed by atoms with Gasteiger partial charge in [-0.3, -0.25) is 4.79 Å². The summed E-state index contributed by atoms with van der Waals surface area (Å²) in [6.45, 7) is 0.952. The first-order valence-electron chi connectivity index (χ1n) is 9.16. The maximum atomic E-state index is 12.7. The van der Waals surface area contributed by atoms with E-state index in [-0.39, 0.29) is 35.4 Å². The van der Waals surface area contributed by atoms with Crippen LogP contribution in [-0.4, -0.2) is 66.4 Å². The highest BCUT2D eigenvalue weighted by Gasteiger charge is 2.77. The summed E-state index contributed by atoms with van der Waals surface area (Å²) in [4.78, 5) is 15.1. The van der Waals surface area contributed by atoms with Gasteiger partial charge in [0.25, 0.3) is 0 Å². The molecule has 0 amide bonds. The van der Waals surface area contributed by atoms with Gasteiger partial charge in [0.1, 0.15) is 6.10 Å². The number of ether oxygens (including phenoxy) is 2. The number of nitrogens with zero attached hydrogens (tertiary/aromatic N) is 1. The smallest absolute Gasteiger partial charge is 0.162 e. The average molecular weight is 321 g/mol. The molecular formula is C18H27NO4. The first-order chi connectivity index (χ1) is 11.0. The van der Waals surface area contributed by atoms with E-state index in [0.717, 1.165) is 32.2 Å². The standard InChI is InChI=1S/C18H27NO4/c1-19-8-7-17-14-10-3-4-12(22-2)15(14)23-16(17)11(20)5-6-18(17,21)13(19)9-10/h10,12-16,21H,3-9H2,1-2H3/t10?,12?,13-,14?,15?,16+,17+,18-/m1/s1. The number of aliphatic hydroxyl groups is 1. The van der Waals surface area contributed by atoms with Gasteiger partial charge in [-0.2, -0.15) is 0 Å². The highest BCUT2D eigenvalue weighted by atomic mass is 16.6. The third kappa shape index (κ3) is 1.52. The van der Waals surface area contributed by atoms with E-state index in [1.807, 2.05) is 0 Å². The van der Waals surface area contributed by atoms with Crippen LogP contribution in [0.25, 0.3) is 0 Å². The molecule has 0 aromatic carbocycles. The molecule has 1 spiro atoms. The highest BCUT2D eigenvalue weighted by molar-refractivity contribution is 5.86. The Kier molecular flexibility index (Phi) is 2.94. The van der Waals surface area contributed by atoms with Crippen LogP contribution in [-0.2, 0) is 14.3 Å². The van der Waals surface area contributed by atoms with E-state index < -0.39 is 11.7 Å². The van der Waals surface area contributed by atoms with Gasteiger partial charge < -0.3 is 19.5 Å². The molecule has 128 valence electrons. The minimum Gasteiger partial charge on any atom is -0.388 e. The Morgan fingerprint density at radius 2 is 2.17 bits per heavy atom. The van der Waals surface area contributed by atoms with E-state index in [9.17, 15) is 9.90 Å². The zero-order valence-corrected chi connectivity index (χ0v) is 14.0. The predicted octanol–water partition coefficient (Wildman–Crippen LogP) is 0.983. The van der Waals surface area contributed by atoms with Crippen molar-refractivity contribution in [3.63, 3.8) is 0 Å². The lowest BCUT2D eigenvalue weighted by Crippen LogP contribution is -2.76. The molecule has 0 aromatic heterocycles. The largest absolute Gasteiger partial charge is 0.388 e. The van der Waals surface area contributed by atoms with Gasteiger partial charge in [0.05, 0.1) is 17.8 Å². The van der Waals surface area contributed by atoms with Gasteiger partial charge in [0, 0.05) is 30.9 Å². The van der Waals surface area contributed by atoms with Gasteiger partial charge in [0.15, 0.2) is 5.78 Å². The monoisotopic (exact) mass is 321 g/mol. The average Bonchev–Trinajstić information content (AvgIpc) is 2.90. The fraction of sp³-hybridized carbons (Fsp3) is 0.944. The van der Waals surface area contributed by atoms with Crippen LogP contribution < -0.4 is 0 Å². The SMILES string of the molecule is COC1CCC2C[C@H]3N(C)CC[C@]45C2C1O[C@H]4C(=O)CC[C@@]35O. The van der Waals surface area contributed by atoms with E-state index in [4.69, 9.17) is 9.47 Å². The Morgan fingerprint density at radius 3 is 2.96 bits per heavy atom. The van der Waals surface area contributed by atoms with Gasteiger partial charge in [0.2, 0.25) is 0 Å². The second kappa shape index (κ2) is 4.57. The van der Waals surface area contributed by atoms with Crippen LogP contribution >= 0.6 is 0 Å². The number of Topliss-reactive ketones (excluding diaryl/α,β-unsaturated/α-hetero) is 1. The molecule has 2 aliphatic heterocycles. The molecule has 2 bridgehead atoms. The number of ketones is 1. The number of hydrogen-bond acceptors (Lipinski definition) is 5. The Balaban J connectivity index is 1.69. The Hall–Kier alpha value is -0.490. The van der Waals surface area contributed by atoms with E-state index in [1.54, 1.807) is 7.11 Å². The molecule has 3 saturated carbocycles. The van der Waals surface area contributed by atoms with Crippen LogP contribution in [0, 0.1) is 17.3 Å². The molecular weight excluding hydrogens is 294 g/mol. The molecule has 5 heteroatoms. The lowest BCUT2D eigenvalue weighted by molar-refractivity contribution is -0.247. The quantitative estimate of drug-likeness (QED) is 0.780. The molecule has 8 atom stereocenters. The van der Waals surface area contributed by atoms with Crippen molar-refractivity contribution in [2.24, 2.45) is 17.3 Å². The topological polar surface area (TPSA) is 59.0 Å². The third-order valence-corrected chi connectivity index (χ3v) is 8.05. The van der Waals surface area contributed by atoms with Crippen molar-refractivity contribution in [3.05, 3.63) is 0 Å². The number of likely N-dealkylation sites (N-methyl/N-ethyl adjacent to an activating group) is 1. The number of carbonyl (C=O) groups excluding carboxylic acids is 1. The zero-order valence-electron chi connectivity index (χ0n) is 14.0. The van der Waals surface area contributed by atoms with Crippen molar-refractivity contribution in [3.8, 4) is 0 Å². The Morgan fingerprint density at radius 1 is 1.35 bits per heavy atom. The van der Waals surface area contributed by atoms with Crippen molar-refractivity contribution in [2.45, 2.75) is 68.5 Å². The molecule has 5 rings (SSSR count). The van der Waals surface area contributed by atoms with Crippen molar-refractivity contribution < 1.29 is 19.4 Å². The molecule has 4 unspecified atom stereocenters. The summed E-state index contributed by atoms with van der Waals surface area (Å²) >= 11 is 0. The minimum atomic E-state index is -0.774. The van der Waals surface area contributed by atoms with Crippen molar-refractivity contribution in [2.75, 3.05) is 20.7 Å². The van der Waals surface area contributed by atoms with Gasteiger partial charge in [-0.25, -0.2) is 0 Å². The third-order valence-electron chi connectivity index (χ3n) is 8.05. The molecule has 2 heterocycles. The Labute approximate surface area is 137 Å². The number of likely N-dealkylation sites (tertiary alicyclic amines) is 1. The van der Waals surface area contributed by atoms with Crippen LogP contribution in [0.3, 0.4) is 0 Å². The fourth-order valence-corrected chi connectivity index (χ4v) is 7.17. The van der Waals surface area contributed by atoms with Crippen LogP contribution in [0.2, 0.25) is 0 Å². The van der Waals surface area contributed by atoms with E-state index in [2.05, 4.69) is 11.9 Å². The molecule has 1 N–H and O–H groups in total. The maximum Gasteiger partial charge on any atom is 0.162 e. The van der Waals surface area contributed by atoms with E-state index in [0.29, 0.717) is 18.8 Å². The van der Waals surface area contributed by atoms with Crippen LogP contribution in [0.4, 0.5) is 0 Å². The molecule has 0 aromatic rings. The van der Waals surface area contributed by atoms with E-state index >= 15 is 0 Å². The van der Waals surface area contributed by atoms with Crippen LogP contribution in [0.5, 0.6) is 0 Å². The number of rotatable bonds is 1. The van der Waals surface area contributed by atoms with Gasteiger partial charge in [-0.15, -0.1) is 0 Å². The summed E-state index contributed by atoms with van der Waals surface area (Å²) in [6, 6.07) is 0.176. The summed E-state index contributed by atoms with van der Waals surface area (Å²) in [5, 5.41) is 11.8. The maximum absolute atomic E-state index is 12.7. The summed E-state index contributed by atoms with van der Waals surface area (Å²) in [6.07, 6.45) is 4.76. The lowest BCUT2D eigenvalue weighted by Gasteiger charge is -2.67. The van der Waals surface area contributed by atoms with E-state index in [1.165, 1.54) is 0 Å². The predicted molar refractivity (Wildman–Crippen MR) is 82.9 cm³/mol. The zero-order chi connectivity index (χ0) is 16.0. The minimum absolute atomic E-state index is 0.0123. The number of methoxy groups -OCH3 is 1. The molecule has 0 radical (unpaired) electrons. The molecule has 5 aliphatic rings. The molecule has 5 nitrogen and oxygen atoms in total. The van der Waals surface area contributed by atoms with Gasteiger partial charge in [-0.05, 0) is 51.6 Å². The van der Waals surface area contributed by atoms with Gasteiger partial charge >= 0.3 is 0 Å². The number of hydrogen-bond donors (Lipinski definition) is 1. The first-order valence-corrected chi connectivity index (χ1v) is 9.16. The molecule has 2 saturated heterocycles.